The summed E-state index contributed by atoms with van der Waals surface area (Å²) in [5.74, 6) is -0.209. The van der Waals surface area contributed by atoms with E-state index in [2.05, 4.69) is 5.32 Å². The van der Waals surface area contributed by atoms with Crippen LogP contribution in [0.15, 0.2) is 66.7 Å². The third-order valence-electron chi connectivity index (χ3n) is 5.09. The van der Waals surface area contributed by atoms with Crippen LogP contribution in [0.4, 0.5) is 11.4 Å². The molecule has 0 atom stereocenters. The van der Waals surface area contributed by atoms with Gasteiger partial charge in [-0.25, -0.2) is 0 Å². The van der Waals surface area contributed by atoms with Crippen LogP contribution in [-0.2, 0) is 6.42 Å². The molecule has 0 saturated carbocycles. The van der Waals surface area contributed by atoms with Crippen LogP contribution in [0.1, 0.15) is 38.3 Å². The molecule has 29 heavy (non-hydrogen) atoms. The summed E-state index contributed by atoms with van der Waals surface area (Å²) in [7, 11) is 0. The summed E-state index contributed by atoms with van der Waals surface area (Å²) in [5.41, 5.74) is 4.89. The van der Waals surface area contributed by atoms with Gasteiger partial charge in [-0.05, 0) is 73.9 Å². The van der Waals surface area contributed by atoms with Crippen molar-refractivity contribution in [3.05, 3.63) is 94.0 Å². The Bertz CT molecular complexity index is 1080. The number of carbonyl (C=O) groups is 2. The van der Waals surface area contributed by atoms with Crippen molar-refractivity contribution in [3.63, 3.8) is 0 Å². The molecule has 0 saturated heterocycles. The van der Waals surface area contributed by atoms with E-state index in [9.17, 15) is 9.59 Å². The highest BCUT2D eigenvalue weighted by Gasteiger charge is 2.24. The molecule has 3 aromatic carbocycles. The zero-order valence-electron chi connectivity index (χ0n) is 16.1. The van der Waals surface area contributed by atoms with E-state index in [1.165, 1.54) is 0 Å². The third kappa shape index (κ3) is 4.17. The van der Waals surface area contributed by atoms with E-state index >= 15 is 0 Å². The zero-order valence-corrected chi connectivity index (χ0v) is 16.9. The van der Waals surface area contributed by atoms with Crippen LogP contribution < -0.4 is 10.2 Å². The molecule has 146 valence electrons. The minimum atomic E-state index is -0.197. The van der Waals surface area contributed by atoms with Gasteiger partial charge in [-0.15, -0.1) is 0 Å². The van der Waals surface area contributed by atoms with Gasteiger partial charge in [0.1, 0.15) is 0 Å². The molecular weight excluding hydrogens is 384 g/mol. The molecule has 5 heteroatoms. The zero-order chi connectivity index (χ0) is 20.4. The maximum absolute atomic E-state index is 13.0. The average molecular weight is 405 g/mol. The van der Waals surface area contributed by atoms with Gasteiger partial charge >= 0.3 is 0 Å². The summed E-state index contributed by atoms with van der Waals surface area (Å²) in [6, 6.07) is 20.2. The Morgan fingerprint density at radius 2 is 1.72 bits per heavy atom. The third-order valence-corrected chi connectivity index (χ3v) is 5.32. The Balaban J connectivity index is 1.57. The molecule has 0 aliphatic carbocycles. The maximum Gasteiger partial charge on any atom is 0.258 e. The molecule has 4 nitrogen and oxygen atoms in total. The fraction of sp³-hybridized carbons (Fsp3) is 0.167. The van der Waals surface area contributed by atoms with Gasteiger partial charge in [-0.3, -0.25) is 9.59 Å². The highest BCUT2D eigenvalue weighted by atomic mass is 35.5. The molecule has 0 radical (unpaired) electrons. The largest absolute Gasteiger partial charge is 0.322 e. The van der Waals surface area contributed by atoms with Crippen LogP contribution in [0.2, 0.25) is 5.02 Å². The highest BCUT2D eigenvalue weighted by Crippen LogP contribution is 2.30. The van der Waals surface area contributed by atoms with Gasteiger partial charge in [0, 0.05) is 34.1 Å². The number of carbonyl (C=O) groups excluding carboxylic acids is 2. The number of amides is 2. The van der Waals surface area contributed by atoms with E-state index in [-0.39, 0.29) is 11.8 Å². The van der Waals surface area contributed by atoms with Gasteiger partial charge in [0.15, 0.2) is 0 Å². The number of benzene rings is 3. The number of aryl methyl sites for hydroxylation is 2. The Kier molecular flexibility index (Phi) is 5.36. The number of nitrogens with one attached hydrogen (secondary N) is 1. The normalized spacial score (nSPS) is 13.0. The maximum atomic E-state index is 13.0. The SMILES string of the molecule is Cc1ccc(C(=O)N2CCCc3cc(C(=O)Nc4cccc(Cl)c4)ccc32)cc1. The van der Waals surface area contributed by atoms with Gasteiger partial charge in [0.2, 0.25) is 0 Å². The fourth-order valence-corrected chi connectivity index (χ4v) is 3.76. The van der Waals surface area contributed by atoms with Crippen molar-refractivity contribution in [2.24, 2.45) is 0 Å². The number of halogens is 1. The van der Waals surface area contributed by atoms with E-state index in [1.807, 2.05) is 48.2 Å². The average Bonchev–Trinajstić information content (AvgIpc) is 2.73. The predicted molar refractivity (Wildman–Crippen MR) is 117 cm³/mol. The molecule has 0 bridgehead atoms. The van der Waals surface area contributed by atoms with Crippen molar-refractivity contribution >= 4 is 34.8 Å². The van der Waals surface area contributed by atoms with Crippen molar-refractivity contribution in [1.82, 2.24) is 0 Å². The van der Waals surface area contributed by atoms with Crippen LogP contribution in [0, 0.1) is 6.92 Å². The monoisotopic (exact) mass is 404 g/mol. The summed E-state index contributed by atoms with van der Waals surface area (Å²) < 4.78 is 0. The van der Waals surface area contributed by atoms with Gasteiger partial charge in [0.25, 0.3) is 11.8 Å². The van der Waals surface area contributed by atoms with E-state index in [0.717, 1.165) is 29.7 Å². The molecule has 1 aliphatic rings. The predicted octanol–water partition coefficient (Wildman–Crippen LogP) is 5.49. The quantitative estimate of drug-likeness (QED) is 0.627. The fourth-order valence-electron chi connectivity index (χ4n) is 3.57. The van der Waals surface area contributed by atoms with E-state index in [0.29, 0.717) is 28.4 Å². The minimum absolute atomic E-state index is 0.0120. The first-order valence-electron chi connectivity index (χ1n) is 9.59. The van der Waals surface area contributed by atoms with Crippen molar-refractivity contribution in [2.45, 2.75) is 19.8 Å². The van der Waals surface area contributed by atoms with Crippen LogP contribution in [0.3, 0.4) is 0 Å². The summed E-state index contributed by atoms with van der Waals surface area (Å²) in [5, 5.41) is 3.44. The van der Waals surface area contributed by atoms with Crippen molar-refractivity contribution in [2.75, 3.05) is 16.8 Å². The second-order valence-electron chi connectivity index (χ2n) is 7.23. The summed E-state index contributed by atoms with van der Waals surface area (Å²) >= 11 is 5.99. The summed E-state index contributed by atoms with van der Waals surface area (Å²) in [6.45, 7) is 2.67. The van der Waals surface area contributed by atoms with Gasteiger partial charge < -0.3 is 10.2 Å². The molecule has 0 fully saturated rings. The first-order valence-corrected chi connectivity index (χ1v) is 9.97. The lowest BCUT2D eigenvalue weighted by atomic mass is 9.98. The second kappa shape index (κ2) is 8.10. The summed E-state index contributed by atoms with van der Waals surface area (Å²) in [6.07, 6.45) is 1.70. The minimum Gasteiger partial charge on any atom is -0.322 e. The van der Waals surface area contributed by atoms with Crippen LogP contribution in [0.5, 0.6) is 0 Å². The number of hydrogen-bond acceptors (Lipinski definition) is 2. The van der Waals surface area contributed by atoms with Gasteiger partial charge in [-0.1, -0.05) is 35.4 Å². The van der Waals surface area contributed by atoms with Gasteiger partial charge in [0.05, 0.1) is 0 Å². The molecule has 0 spiro atoms. The lowest BCUT2D eigenvalue weighted by molar-refractivity contribution is 0.0984. The molecule has 1 aliphatic heterocycles. The molecule has 0 unspecified atom stereocenters. The van der Waals surface area contributed by atoms with E-state index < -0.39 is 0 Å². The number of nitrogens with zero attached hydrogens (tertiary/aromatic N) is 1. The highest BCUT2D eigenvalue weighted by molar-refractivity contribution is 6.31. The van der Waals surface area contributed by atoms with Crippen molar-refractivity contribution in [3.8, 4) is 0 Å². The molecule has 2 amide bonds. The Morgan fingerprint density at radius 1 is 0.966 bits per heavy atom. The van der Waals surface area contributed by atoms with Crippen LogP contribution in [-0.4, -0.2) is 18.4 Å². The molecule has 1 heterocycles. The smallest absolute Gasteiger partial charge is 0.258 e. The Morgan fingerprint density at radius 3 is 2.48 bits per heavy atom. The standard InChI is InChI=1S/C24H21ClN2O2/c1-16-7-9-17(10-8-16)24(29)27-13-3-4-18-14-19(11-12-22(18)27)23(28)26-21-6-2-5-20(25)15-21/h2,5-12,14-15H,3-4,13H2,1H3,(H,26,28). The summed E-state index contributed by atoms with van der Waals surface area (Å²) in [4.78, 5) is 27.5. The van der Waals surface area contributed by atoms with E-state index in [4.69, 9.17) is 11.6 Å². The Labute approximate surface area is 175 Å². The second-order valence-corrected chi connectivity index (χ2v) is 7.67. The van der Waals surface area contributed by atoms with Crippen LogP contribution >= 0.6 is 11.6 Å². The number of anilines is 2. The van der Waals surface area contributed by atoms with Crippen LogP contribution in [0.25, 0.3) is 0 Å². The molecular formula is C24H21ClN2O2. The molecule has 1 N–H and O–H groups in total. The topological polar surface area (TPSA) is 49.4 Å². The van der Waals surface area contributed by atoms with Gasteiger partial charge in [-0.2, -0.15) is 0 Å². The first kappa shape index (κ1) is 19.2. The molecule has 0 aromatic heterocycles. The lowest BCUT2D eigenvalue weighted by Gasteiger charge is -2.30. The van der Waals surface area contributed by atoms with Crippen molar-refractivity contribution < 1.29 is 9.59 Å². The number of hydrogen-bond donors (Lipinski definition) is 1. The lowest BCUT2D eigenvalue weighted by Crippen LogP contribution is -2.35. The first-order chi connectivity index (χ1) is 14.0. The number of fused-ring (bicyclic) bond motifs is 1. The molecule has 3 aromatic rings. The van der Waals surface area contributed by atoms with E-state index in [1.54, 1.807) is 30.3 Å². The molecule has 4 rings (SSSR count). The number of rotatable bonds is 3. The van der Waals surface area contributed by atoms with Crippen molar-refractivity contribution in [1.29, 1.82) is 0 Å². The Hall–Kier alpha value is -3.11.